The fourth-order valence-corrected chi connectivity index (χ4v) is 5.04. The highest BCUT2D eigenvalue weighted by molar-refractivity contribution is 5.95. The molecule has 4 heteroatoms. The third-order valence-corrected chi connectivity index (χ3v) is 6.94. The fourth-order valence-electron chi connectivity index (χ4n) is 5.04. The molecule has 2 aliphatic rings. The van der Waals surface area contributed by atoms with Crippen LogP contribution < -0.4 is 9.47 Å². The van der Waals surface area contributed by atoms with Crippen molar-refractivity contribution in [1.29, 1.82) is 0 Å². The first-order valence-corrected chi connectivity index (χ1v) is 12.4. The number of para-hydroxylation sites is 1. The minimum absolute atomic E-state index is 0.231. The number of aromatic hydroxyl groups is 1. The lowest BCUT2D eigenvalue weighted by Crippen LogP contribution is -2.29. The van der Waals surface area contributed by atoms with Crippen LogP contribution in [0.15, 0.2) is 72.8 Å². The zero-order valence-electron chi connectivity index (χ0n) is 19.9. The Balaban J connectivity index is 1.35. The summed E-state index contributed by atoms with van der Waals surface area (Å²) in [6.45, 7) is 6.22. The Hall–Kier alpha value is -3.24. The lowest BCUT2D eigenvalue weighted by Gasteiger charge is -2.31. The topological polar surface area (TPSA) is 41.9 Å². The highest BCUT2D eigenvalue weighted by atomic mass is 16.5. The zero-order chi connectivity index (χ0) is 23.3. The second-order valence-corrected chi connectivity index (χ2v) is 9.25. The van der Waals surface area contributed by atoms with Gasteiger partial charge in [-0.15, -0.1) is 0 Å². The van der Waals surface area contributed by atoms with Crippen molar-refractivity contribution in [1.82, 2.24) is 4.90 Å². The Kier molecular flexibility index (Phi) is 6.87. The minimum Gasteiger partial charge on any atom is -0.508 e. The average molecular weight is 456 g/mol. The van der Waals surface area contributed by atoms with Gasteiger partial charge >= 0.3 is 0 Å². The second-order valence-electron chi connectivity index (χ2n) is 9.25. The van der Waals surface area contributed by atoms with Crippen LogP contribution in [-0.4, -0.2) is 36.2 Å². The van der Waals surface area contributed by atoms with Crippen molar-refractivity contribution >= 4 is 11.1 Å². The van der Waals surface area contributed by atoms with Crippen molar-refractivity contribution in [2.24, 2.45) is 0 Å². The normalized spacial score (nSPS) is 18.7. The van der Waals surface area contributed by atoms with E-state index in [4.69, 9.17) is 9.47 Å². The highest BCUT2D eigenvalue weighted by Gasteiger charge is 2.29. The van der Waals surface area contributed by atoms with Crippen LogP contribution >= 0.6 is 0 Å². The molecule has 0 radical (unpaired) electrons. The molecule has 3 aromatic rings. The zero-order valence-corrected chi connectivity index (χ0v) is 19.9. The molecule has 1 atom stereocenters. The van der Waals surface area contributed by atoms with Gasteiger partial charge in [0.05, 0.1) is 0 Å². The minimum atomic E-state index is -0.231. The quantitative estimate of drug-likeness (QED) is 0.448. The van der Waals surface area contributed by atoms with E-state index in [0.29, 0.717) is 6.61 Å². The number of phenols is 1. The molecule has 5 rings (SSSR count). The maximum Gasteiger partial charge on any atom is 0.150 e. The van der Waals surface area contributed by atoms with Gasteiger partial charge in [0.15, 0.2) is 0 Å². The van der Waals surface area contributed by atoms with Gasteiger partial charge in [-0.3, -0.25) is 4.90 Å². The Morgan fingerprint density at radius 1 is 0.882 bits per heavy atom. The molecule has 0 saturated carbocycles. The number of allylic oxidation sites excluding steroid dienone is 1. The number of hydrogen-bond donors (Lipinski definition) is 1. The van der Waals surface area contributed by atoms with Gasteiger partial charge in [0, 0.05) is 17.7 Å². The Labute approximate surface area is 202 Å². The molecule has 0 spiro atoms. The summed E-state index contributed by atoms with van der Waals surface area (Å²) in [5, 5.41) is 9.80. The maximum absolute atomic E-state index is 9.80. The van der Waals surface area contributed by atoms with Crippen molar-refractivity contribution in [3.8, 4) is 17.2 Å². The summed E-state index contributed by atoms with van der Waals surface area (Å²) in [6.07, 6.45) is 5.08. The summed E-state index contributed by atoms with van der Waals surface area (Å²) in [7, 11) is 0. The summed E-state index contributed by atoms with van der Waals surface area (Å²) in [6, 6.07) is 23.9. The first-order valence-electron chi connectivity index (χ1n) is 12.4. The van der Waals surface area contributed by atoms with Gasteiger partial charge in [-0.2, -0.15) is 0 Å². The van der Waals surface area contributed by atoms with Crippen molar-refractivity contribution in [2.75, 3.05) is 26.2 Å². The highest BCUT2D eigenvalue weighted by Crippen LogP contribution is 2.46. The molecule has 0 bridgehead atoms. The molecule has 2 aliphatic heterocycles. The van der Waals surface area contributed by atoms with Gasteiger partial charge in [0.2, 0.25) is 0 Å². The molecule has 1 N–H and O–H groups in total. The van der Waals surface area contributed by atoms with Crippen LogP contribution in [0.1, 0.15) is 55.4 Å². The Bertz CT molecular complexity index is 1130. The number of phenolic OH excluding ortho intramolecular Hbond substituents is 1. The van der Waals surface area contributed by atoms with Crippen LogP contribution in [0.5, 0.6) is 17.2 Å². The molecule has 3 aromatic carbocycles. The van der Waals surface area contributed by atoms with Gasteiger partial charge in [-0.05, 0) is 79.9 Å². The molecule has 0 aromatic heterocycles. The number of nitrogens with zero attached hydrogens (tertiary/aromatic N) is 1. The monoisotopic (exact) mass is 455 g/mol. The van der Waals surface area contributed by atoms with Crippen LogP contribution in [0.4, 0.5) is 0 Å². The van der Waals surface area contributed by atoms with E-state index in [1.54, 1.807) is 12.1 Å². The number of fused-ring (bicyclic) bond motifs is 1. The van der Waals surface area contributed by atoms with Crippen molar-refractivity contribution in [3.63, 3.8) is 0 Å². The van der Waals surface area contributed by atoms with Gasteiger partial charge in [0.25, 0.3) is 0 Å². The molecular weight excluding hydrogens is 422 g/mol. The van der Waals surface area contributed by atoms with Crippen LogP contribution in [-0.2, 0) is 0 Å². The predicted molar refractivity (Wildman–Crippen MR) is 137 cm³/mol. The molecular formula is C30H33NO3. The SMILES string of the molecule is CC1=C(c2ccc(O)cc2)[C@H](c2ccc(OCCN3CCCCCC3)cc2)Oc2ccccc21. The van der Waals surface area contributed by atoms with Crippen LogP contribution in [0.25, 0.3) is 11.1 Å². The lowest BCUT2D eigenvalue weighted by molar-refractivity contribution is 0.214. The first kappa shape index (κ1) is 22.5. The number of benzene rings is 3. The van der Waals surface area contributed by atoms with Crippen molar-refractivity contribution in [2.45, 2.75) is 38.7 Å². The van der Waals surface area contributed by atoms with Crippen LogP contribution in [0.2, 0.25) is 0 Å². The summed E-state index contributed by atoms with van der Waals surface area (Å²) in [4.78, 5) is 2.52. The standard InChI is InChI=1S/C30H33NO3/c1-22-27-8-4-5-9-28(27)34-30(29(22)23-10-14-25(32)15-11-23)24-12-16-26(17-13-24)33-21-20-31-18-6-2-3-7-19-31/h4-5,8-17,30,32H,2-3,6-7,18-21H2,1H3/t30-/m0/s1. The smallest absolute Gasteiger partial charge is 0.150 e. The molecule has 0 unspecified atom stereocenters. The third-order valence-electron chi connectivity index (χ3n) is 6.94. The fraction of sp³-hybridized carbons (Fsp3) is 0.333. The van der Waals surface area contributed by atoms with Gasteiger partial charge in [-0.1, -0.05) is 55.3 Å². The molecule has 0 amide bonds. The number of rotatable bonds is 6. The van der Waals surface area contributed by atoms with E-state index in [2.05, 4.69) is 30.0 Å². The van der Waals surface area contributed by atoms with Crippen molar-refractivity contribution < 1.29 is 14.6 Å². The number of hydrogen-bond acceptors (Lipinski definition) is 4. The van der Waals surface area contributed by atoms with Gasteiger partial charge < -0.3 is 14.6 Å². The second kappa shape index (κ2) is 10.4. The molecule has 34 heavy (non-hydrogen) atoms. The van der Waals surface area contributed by atoms with E-state index >= 15 is 0 Å². The van der Waals surface area contributed by atoms with Gasteiger partial charge in [-0.25, -0.2) is 0 Å². The van der Waals surface area contributed by atoms with E-state index in [1.807, 2.05) is 42.5 Å². The summed E-state index contributed by atoms with van der Waals surface area (Å²) in [5.74, 6) is 2.05. The van der Waals surface area contributed by atoms with E-state index in [9.17, 15) is 5.11 Å². The number of ether oxygens (including phenoxy) is 2. The van der Waals surface area contributed by atoms with E-state index in [1.165, 1.54) is 44.3 Å². The molecule has 0 aliphatic carbocycles. The summed E-state index contributed by atoms with van der Waals surface area (Å²) < 4.78 is 12.6. The summed E-state index contributed by atoms with van der Waals surface area (Å²) in [5.41, 5.74) is 5.54. The largest absolute Gasteiger partial charge is 0.508 e. The Morgan fingerprint density at radius 3 is 2.32 bits per heavy atom. The maximum atomic E-state index is 9.80. The van der Waals surface area contributed by atoms with E-state index < -0.39 is 0 Å². The Morgan fingerprint density at radius 2 is 1.59 bits per heavy atom. The van der Waals surface area contributed by atoms with E-state index in [-0.39, 0.29) is 11.9 Å². The van der Waals surface area contributed by atoms with Crippen molar-refractivity contribution in [3.05, 3.63) is 89.5 Å². The lowest BCUT2D eigenvalue weighted by atomic mass is 9.86. The van der Waals surface area contributed by atoms with Gasteiger partial charge in [0.1, 0.15) is 30.0 Å². The van der Waals surface area contributed by atoms with Crippen LogP contribution in [0.3, 0.4) is 0 Å². The number of likely N-dealkylation sites (tertiary alicyclic amines) is 1. The average Bonchev–Trinajstić information content (AvgIpc) is 3.14. The third kappa shape index (κ3) is 4.97. The molecule has 176 valence electrons. The first-order chi connectivity index (χ1) is 16.7. The molecule has 1 fully saturated rings. The van der Waals surface area contributed by atoms with Crippen LogP contribution in [0, 0.1) is 0 Å². The van der Waals surface area contributed by atoms with E-state index in [0.717, 1.165) is 40.3 Å². The molecule has 4 nitrogen and oxygen atoms in total. The molecule has 1 saturated heterocycles. The molecule has 2 heterocycles. The predicted octanol–water partition coefficient (Wildman–Crippen LogP) is 6.71. The summed E-state index contributed by atoms with van der Waals surface area (Å²) >= 11 is 0.